The highest BCUT2D eigenvalue weighted by atomic mass is 16.7. The summed E-state index contributed by atoms with van der Waals surface area (Å²) < 4.78 is 26.5. The highest BCUT2D eigenvalue weighted by molar-refractivity contribution is 5.72. The lowest BCUT2D eigenvalue weighted by atomic mass is 10.1. The summed E-state index contributed by atoms with van der Waals surface area (Å²) in [5.41, 5.74) is 3.56. The van der Waals surface area contributed by atoms with E-state index in [0.29, 0.717) is 26.2 Å². The number of imidazole rings is 1. The third kappa shape index (κ3) is 5.32. The Morgan fingerprint density at radius 2 is 2.00 bits per heavy atom. The van der Waals surface area contributed by atoms with E-state index in [2.05, 4.69) is 34.0 Å². The number of hydrogen-bond acceptors (Lipinski definition) is 7. The van der Waals surface area contributed by atoms with E-state index in [9.17, 15) is 0 Å². The molecule has 1 fully saturated rings. The van der Waals surface area contributed by atoms with Crippen LogP contribution in [0, 0.1) is 6.92 Å². The molecule has 1 aromatic carbocycles. The number of hydrogen-bond donors (Lipinski definition) is 0. The van der Waals surface area contributed by atoms with Crippen LogP contribution in [0.3, 0.4) is 0 Å². The van der Waals surface area contributed by atoms with Gasteiger partial charge in [-0.1, -0.05) is 37.3 Å². The highest BCUT2D eigenvalue weighted by Gasteiger charge is 2.39. The van der Waals surface area contributed by atoms with E-state index in [1.807, 2.05) is 43.5 Å². The lowest BCUT2D eigenvalue weighted by molar-refractivity contribution is -0.172. The number of rotatable bonds is 10. The predicted octanol–water partition coefficient (Wildman–Crippen LogP) is 4.19. The first kappa shape index (κ1) is 22.8. The van der Waals surface area contributed by atoms with E-state index in [4.69, 9.17) is 18.9 Å². The Bertz CT molecular complexity index is 1010. The van der Waals surface area contributed by atoms with E-state index in [-0.39, 0.29) is 18.4 Å². The molecule has 2 aromatic heterocycles. The normalized spacial score (nSPS) is 19.9. The summed E-state index contributed by atoms with van der Waals surface area (Å²) >= 11 is 0. The molecule has 3 aromatic rings. The van der Waals surface area contributed by atoms with Crippen LogP contribution in [0.5, 0.6) is 0 Å². The first-order chi connectivity index (χ1) is 15.5. The standard InChI is InChI=1S/C24H32N4O4/c1-5-21(28-16-27-22-17(2)25-15-26-23(22)28)31-19(20-14-30-24(3,4)32-20)11-12-29-13-18-9-7-6-8-10-18/h6-10,15-16,19-21H,5,11-14H2,1-4H3/t19?,20-,21?/m1/s1. The fourth-order valence-corrected chi connectivity index (χ4v) is 3.94. The summed E-state index contributed by atoms with van der Waals surface area (Å²) in [5.74, 6) is -0.620. The molecule has 0 N–H and O–H groups in total. The number of benzene rings is 1. The first-order valence-electron chi connectivity index (χ1n) is 11.2. The SMILES string of the molecule is CCC(OC(CCOCc1ccccc1)[C@H]1COC(C)(C)O1)n1cnc2c(C)ncnc21. The van der Waals surface area contributed by atoms with Gasteiger partial charge < -0.3 is 18.9 Å². The molecule has 1 saturated heterocycles. The second-order valence-electron chi connectivity index (χ2n) is 8.51. The number of aryl methyl sites for hydroxylation is 1. The van der Waals surface area contributed by atoms with Crippen molar-refractivity contribution in [1.82, 2.24) is 19.5 Å². The molecule has 0 amide bonds. The smallest absolute Gasteiger partial charge is 0.165 e. The Balaban J connectivity index is 1.46. The van der Waals surface area contributed by atoms with Crippen LogP contribution >= 0.6 is 0 Å². The van der Waals surface area contributed by atoms with Gasteiger partial charge in [0.2, 0.25) is 0 Å². The molecular formula is C24H32N4O4. The van der Waals surface area contributed by atoms with E-state index in [1.165, 1.54) is 0 Å². The van der Waals surface area contributed by atoms with Gasteiger partial charge >= 0.3 is 0 Å². The summed E-state index contributed by atoms with van der Waals surface area (Å²) in [6.07, 6.45) is 4.18. The molecule has 0 spiro atoms. The minimum absolute atomic E-state index is 0.175. The fraction of sp³-hybridized carbons (Fsp3) is 0.542. The molecule has 1 aliphatic heterocycles. The lowest BCUT2D eigenvalue weighted by Gasteiger charge is -2.29. The van der Waals surface area contributed by atoms with Crippen LogP contribution in [0.15, 0.2) is 43.0 Å². The molecule has 8 nitrogen and oxygen atoms in total. The molecule has 3 atom stereocenters. The van der Waals surface area contributed by atoms with Gasteiger partial charge in [0.05, 0.1) is 31.3 Å². The number of nitrogens with zero attached hydrogens (tertiary/aromatic N) is 4. The maximum Gasteiger partial charge on any atom is 0.165 e. The molecule has 3 heterocycles. The van der Waals surface area contributed by atoms with Crippen LogP contribution in [0.2, 0.25) is 0 Å². The number of aromatic nitrogens is 4. The Hall–Kier alpha value is -2.39. The van der Waals surface area contributed by atoms with Crippen LogP contribution in [0.25, 0.3) is 11.2 Å². The van der Waals surface area contributed by atoms with Crippen molar-refractivity contribution in [2.75, 3.05) is 13.2 Å². The minimum Gasteiger partial charge on any atom is -0.377 e. The summed E-state index contributed by atoms with van der Waals surface area (Å²) in [4.78, 5) is 13.2. The summed E-state index contributed by atoms with van der Waals surface area (Å²) in [6.45, 7) is 9.49. The topological polar surface area (TPSA) is 80.5 Å². The average Bonchev–Trinajstić information content (AvgIpc) is 3.38. The zero-order valence-electron chi connectivity index (χ0n) is 19.2. The Morgan fingerprint density at radius 3 is 2.72 bits per heavy atom. The molecule has 8 heteroatoms. The van der Waals surface area contributed by atoms with Crippen molar-refractivity contribution in [3.8, 4) is 0 Å². The van der Waals surface area contributed by atoms with Crippen LogP contribution in [-0.2, 0) is 25.6 Å². The monoisotopic (exact) mass is 440 g/mol. The Labute approximate surface area is 188 Å². The molecule has 0 saturated carbocycles. The van der Waals surface area contributed by atoms with Crippen molar-refractivity contribution in [2.24, 2.45) is 0 Å². The second-order valence-corrected chi connectivity index (χ2v) is 8.51. The van der Waals surface area contributed by atoms with Crippen LogP contribution in [-0.4, -0.2) is 50.7 Å². The third-order valence-electron chi connectivity index (χ3n) is 5.64. The molecule has 172 valence electrons. The quantitative estimate of drug-likeness (QED) is 0.437. The zero-order chi connectivity index (χ0) is 22.6. The summed E-state index contributed by atoms with van der Waals surface area (Å²) in [6, 6.07) is 10.2. The fourth-order valence-electron chi connectivity index (χ4n) is 3.94. The number of fused-ring (bicyclic) bond motifs is 1. The van der Waals surface area contributed by atoms with Gasteiger partial charge in [-0.25, -0.2) is 15.0 Å². The third-order valence-corrected chi connectivity index (χ3v) is 5.64. The molecule has 4 rings (SSSR count). The van der Waals surface area contributed by atoms with E-state index in [1.54, 1.807) is 12.7 Å². The van der Waals surface area contributed by atoms with Gasteiger partial charge in [0, 0.05) is 6.61 Å². The van der Waals surface area contributed by atoms with Crippen molar-refractivity contribution in [2.45, 2.75) is 71.4 Å². The van der Waals surface area contributed by atoms with Gasteiger partial charge in [-0.3, -0.25) is 4.57 Å². The molecule has 0 bridgehead atoms. The molecule has 0 radical (unpaired) electrons. The molecular weight excluding hydrogens is 408 g/mol. The van der Waals surface area contributed by atoms with Crippen molar-refractivity contribution in [1.29, 1.82) is 0 Å². The van der Waals surface area contributed by atoms with Crippen LogP contribution < -0.4 is 0 Å². The number of ether oxygens (including phenoxy) is 4. The highest BCUT2D eigenvalue weighted by Crippen LogP contribution is 2.30. The first-order valence-corrected chi connectivity index (χ1v) is 11.2. The van der Waals surface area contributed by atoms with E-state index in [0.717, 1.165) is 28.8 Å². The molecule has 0 aliphatic carbocycles. The largest absolute Gasteiger partial charge is 0.377 e. The zero-order valence-corrected chi connectivity index (χ0v) is 19.2. The van der Waals surface area contributed by atoms with Crippen molar-refractivity contribution in [3.05, 3.63) is 54.2 Å². The van der Waals surface area contributed by atoms with Gasteiger partial charge in [0.1, 0.15) is 24.2 Å². The Kier molecular flexibility index (Phi) is 7.15. The van der Waals surface area contributed by atoms with E-state index < -0.39 is 5.79 Å². The maximum absolute atomic E-state index is 6.60. The molecule has 32 heavy (non-hydrogen) atoms. The molecule has 2 unspecified atom stereocenters. The minimum atomic E-state index is -0.620. The van der Waals surface area contributed by atoms with Gasteiger partial charge in [-0.05, 0) is 39.2 Å². The van der Waals surface area contributed by atoms with Crippen LogP contribution in [0.4, 0.5) is 0 Å². The maximum atomic E-state index is 6.60. The van der Waals surface area contributed by atoms with Gasteiger partial charge in [-0.2, -0.15) is 0 Å². The summed E-state index contributed by atoms with van der Waals surface area (Å²) in [7, 11) is 0. The summed E-state index contributed by atoms with van der Waals surface area (Å²) in [5, 5.41) is 0. The van der Waals surface area contributed by atoms with Gasteiger partial charge in [0.25, 0.3) is 0 Å². The van der Waals surface area contributed by atoms with Gasteiger partial charge in [0.15, 0.2) is 11.4 Å². The van der Waals surface area contributed by atoms with Crippen molar-refractivity contribution < 1.29 is 18.9 Å². The lowest BCUT2D eigenvalue weighted by Crippen LogP contribution is -2.36. The predicted molar refractivity (Wildman–Crippen MR) is 120 cm³/mol. The second kappa shape index (κ2) is 10.0. The van der Waals surface area contributed by atoms with Gasteiger partial charge in [-0.15, -0.1) is 0 Å². The average molecular weight is 441 g/mol. The van der Waals surface area contributed by atoms with Crippen LogP contribution in [0.1, 0.15) is 51.1 Å². The Morgan fingerprint density at radius 1 is 1.19 bits per heavy atom. The van der Waals surface area contributed by atoms with E-state index >= 15 is 0 Å². The molecule has 1 aliphatic rings. The van der Waals surface area contributed by atoms with Crippen molar-refractivity contribution in [3.63, 3.8) is 0 Å². The van der Waals surface area contributed by atoms with Crippen molar-refractivity contribution >= 4 is 11.2 Å².